The molecule has 0 fully saturated rings. The van der Waals surface area contributed by atoms with Gasteiger partial charge in [0.05, 0.1) is 0 Å². The van der Waals surface area contributed by atoms with E-state index in [1.807, 2.05) is 24.3 Å². The normalized spacial score (nSPS) is 14.5. The number of rotatable bonds is 0. The van der Waals surface area contributed by atoms with Crippen molar-refractivity contribution < 1.29 is 4.79 Å². The predicted octanol–water partition coefficient (Wildman–Crippen LogP) is 1.41. The van der Waals surface area contributed by atoms with E-state index < -0.39 is 0 Å². The molecule has 0 saturated carbocycles. The standard InChI is InChI=1S/C10H9NO/c11-9-3-1-8-6-10(12)4-2-7(8)5-9/h1-5H,6,11H2. The van der Waals surface area contributed by atoms with Gasteiger partial charge in [0.1, 0.15) is 0 Å². The number of allylic oxidation sites excluding steroid dienone is 1. The van der Waals surface area contributed by atoms with Crippen LogP contribution < -0.4 is 5.73 Å². The molecular weight excluding hydrogens is 150 g/mol. The highest BCUT2D eigenvalue weighted by Gasteiger charge is 2.09. The third kappa shape index (κ3) is 1.11. The highest BCUT2D eigenvalue weighted by molar-refractivity contribution is 5.98. The van der Waals surface area contributed by atoms with Crippen molar-refractivity contribution in [3.63, 3.8) is 0 Å². The Bertz CT molecular complexity index is 366. The predicted molar refractivity (Wildman–Crippen MR) is 48.6 cm³/mol. The summed E-state index contributed by atoms with van der Waals surface area (Å²) in [6, 6.07) is 5.62. The molecule has 0 amide bonds. The number of benzene rings is 1. The molecule has 0 spiro atoms. The molecule has 60 valence electrons. The number of nitrogens with two attached hydrogens (primary N) is 1. The maximum Gasteiger partial charge on any atom is 0.160 e. The highest BCUT2D eigenvalue weighted by Crippen LogP contribution is 2.19. The lowest BCUT2D eigenvalue weighted by atomic mass is 9.96. The van der Waals surface area contributed by atoms with Gasteiger partial charge in [-0.2, -0.15) is 0 Å². The molecule has 0 heterocycles. The van der Waals surface area contributed by atoms with Crippen LogP contribution in [0.5, 0.6) is 0 Å². The minimum atomic E-state index is 0.160. The molecule has 2 nitrogen and oxygen atoms in total. The number of anilines is 1. The molecular formula is C10H9NO. The Morgan fingerprint density at radius 1 is 1.25 bits per heavy atom. The maximum atomic E-state index is 11.0. The molecule has 1 aromatic carbocycles. The van der Waals surface area contributed by atoms with E-state index in [4.69, 9.17) is 5.73 Å². The largest absolute Gasteiger partial charge is 0.399 e. The van der Waals surface area contributed by atoms with Crippen molar-refractivity contribution in [2.75, 3.05) is 5.73 Å². The highest BCUT2D eigenvalue weighted by atomic mass is 16.1. The maximum absolute atomic E-state index is 11.0. The summed E-state index contributed by atoms with van der Waals surface area (Å²) >= 11 is 0. The van der Waals surface area contributed by atoms with Gasteiger partial charge in [0.2, 0.25) is 0 Å². The first kappa shape index (κ1) is 7.10. The summed E-state index contributed by atoms with van der Waals surface area (Å²) < 4.78 is 0. The van der Waals surface area contributed by atoms with Crippen molar-refractivity contribution in [3.05, 3.63) is 35.4 Å². The Hall–Kier alpha value is -1.57. The van der Waals surface area contributed by atoms with Crippen LogP contribution in [0.25, 0.3) is 6.08 Å². The fraction of sp³-hybridized carbons (Fsp3) is 0.100. The van der Waals surface area contributed by atoms with Crippen molar-refractivity contribution in [1.29, 1.82) is 0 Å². The van der Waals surface area contributed by atoms with Crippen molar-refractivity contribution in [2.45, 2.75) is 6.42 Å². The lowest BCUT2D eigenvalue weighted by molar-refractivity contribution is -0.114. The smallest absolute Gasteiger partial charge is 0.160 e. The third-order valence-electron chi connectivity index (χ3n) is 1.98. The number of ketones is 1. The summed E-state index contributed by atoms with van der Waals surface area (Å²) in [7, 11) is 0. The molecule has 12 heavy (non-hydrogen) atoms. The first-order valence-electron chi connectivity index (χ1n) is 3.85. The van der Waals surface area contributed by atoms with Crippen LogP contribution in [0.2, 0.25) is 0 Å². The number of carbonyl (C=O) groups is 1. The third-order valence-corrected chi connectivity index (χ3v) is 1.98. The molecule has 1 aromatic rings. The Labute approximate surface area is 70.7 Å². The van der Waals surface area contributed by atoms with Gasteiger partial charge in [0, 0.05) is 12.1 Å². The van der Waals surface area contributed by atoms with Crippen LogP contribution in [0.1, 0.15) is 11.1 Å². The van der Waals surface area contributed by atoms with Crippen LogP contribution in [-0.4, -0.2) is 5.78 Å². The van der Waals surface area contributed by atoms with Crippen molar-refractivity contribution in [2.24, 2.45) is 0 Å². The van der Waals surface area contributed by atoms with Crippen LogP contribution >= 0.6 is 0 Å². The Morgan fingerprint density at radius 2 is 2.08 bits per heavy atom. The zero-order valence-corrected chi connectivity index (χ0v) is 6.58. The van der Waals surface area contributed by atoms with Gasteiger partial charge in [-0.25, -0.2) is 0 Å². The Kier molecular flexibility index (Phi) is 1.47. The molecule has 1 aliphatic rings. The van der Waals surface area contributed by atoms with Gasteiger partial charge in [-0.15, -0.1) is 0 Å². The summed E-state index contributed by atoms with van der Waals surface area (Å²) in [5.41, 5.74) is 8.47. The molecule has 0 atom stereocenters. The average Bonchev–Trinajstić information content (AvgIpc) is 2.05. The molecule has 0 aliphatic heterocycles. The van der Waals surface area contributed by atoms with E-state index >= 15 is 0 Å². The van der Waals surface area contributed by atoms with Gasteiger partial charge in [-0.3, -0.25) is 4.79 Å². The zero-order valence-electron chi connectivity index (χ0n) is 6.58. The lowest BCUT2D eigenvalue weighted by Crippen LogP contribution is -2.05. The monoisotopic (exact) mass is 159 g/mol. The molecule has 0 bridgehead atoms. The van der Waals surface area contributed by atoms with Crippen LogP contribution in [0, 0.1) is 0 Å². The zero-order chi connectivity index (χ0) is 8.55. The molecule has 0 saturated heterocycles. The minimum absolute atomic E-state index is 0.160. The quantitative estimate of drug-likeness (QED) is 0.581. The second-order valence-electron chi connectivity index (χ2n) is 2.93. The van der Waals surface area contributed by atoms with E-state index in [-0.39, 0.29) is 5.78 Å². The first-order chi connectivity index (χ1) is 5.75. The number of fused-ring (bicyclic) bond motifs is 1. The van der Waals surface area contributed by atoms with Gasteiger partial charge in [0.25, 0.3) is 0 Å². The van der Waals surface area contributed by atoms with Crippen LogP contribution in [0.3, 0.4) is 0 Å². The number of hydrogen-bond acceptors (Lipinski definition) is 2. The van der Waals surface area contributed by atoms with Crippen LogP contribution in [0.15, 0.2) is 24.3 Å². The van der Waals surface area contributed by atoms with Gasteiger partial charge >= 0.3 is 0 Å². The molecule has 0 aromatic heterocycles. The number of hydrogen-bond donors (Lipinski definition) is 1. The van der Waals surface area contributed by atoms with Gasteiger partial charge in [0.15, 0.2) is 5.78 Å². The molecule has 2 N–H and O–H groups in total. The van der Waals surface area contributed by atoms with Gasteiger partial charge < -0.3 is 5.73 Å². The number of carbonyl (C=O) groups excluding carboxylic acids is 1. The lowest BCUT2D eigenvalue weighted by Gasteiger charge is -2.09. The second-order valence-corrected chi connectivity index (χ2v) is 2.93. The van der Waals surface area contributed by atoms with Crippen molar-refractivity contribution >= 4 is 17.5 Å². The summed E-state index contributed by atoms with van der Waals surface area (Å²) in [5.74, 6) is 0.160. The summed E-state index contributed by atoms with van der Waals surface area (Å²) in [6.45, 7) is 0. The SMILES string of the molecule is Nc1ccc2c(c1)C=CC(=O)C2. The molecule has 2 rings (SSSR count). The topological polar surface area (TPSA) is 43.1 Å². The van der Waals surface area contributed by atoms with E-state index in [0.29, 0.717) is 6.42 Å². The average molecular weight is 159 g/mol. The summed E-state index contributed by atoms with van der Waals surface area (Å²) in [5, 5.41) is 0. The van der Waals surface area contributed by atoms with Gasteiger partial charge in [-0.05, 0) is 29.3 Å². The fourth-order valence-electron chi connectivity index (χ4n) is 1.36. The Morgan fingerprint density at radius 3 is 2.92 bits per heavy atom. The van der Waals surface area contributed by atoms with E-state index in [0.717, 1.165) is 16.8 Å². The summed E-state index contributed by atoms with van der Waals surface area (Å²) in [6.07, 6.45) is 3.92. The van der Waals surface area contributed by atoms with E-state index in [1.54, 1.807) is 6.08 Å². The second kappa shape index (κ2) is 2.48. The minimum Gasteiger partial charge on any atom is -0.399 e. The van der Waals surface area contributed by atoms with Crippen molar-refractivity contribution in [1.82, 2.24) is 0 Å². The molecule has 0 radical (unpaired) electrons. The fourth-order valence-corrected chi connectivity index (χ4v) is 1.36. The van der Waals surface area contributed by atoms with E-state index in [1.165, 1.54) is 0 Å². The number of nitrogen functional groups attached to an aromatic ring is 1. The Balaban J connectivity index is 2.54. The molecule has 1 aliphatic carbocycles. The molecule has 0 unspecified atom stereocenters. The first-order valence-corrected chi connectivity index (χ1v) is 3.85. The van der Waals surface area contributed by atoms with E-state index in [2.05, 4.69) is 0 Å². The van der Waals surface area contributed by atoms with Crippen molar-refractivity contribution in [3.8, 4) is 0 Å². The summed E-state index contributed by atoms with van der Waals surface area (Å²) in [4.78, 5) is 11.0. The van der Waals surface area contributed by atoms with E-state index in [9.17, 15) is 4.79 Å². The van der Waals surface area contributed by atoms with Crippen LogP contribution in [0.4, 0.5) is 5.69 Å². The van der Waals surface area contributed by atoms with Crippen LogP contribution in [-0.2, 0) is 11.2 Å². The van der Waals surface area contributed by atoms with Gasteiger partial charge in [-0.1, -0.05) is 12.1 Å². The molecule has 2 heteroatoms.